The van der Waals surface area contributed by atoms with Crippen molar-refractivity contribution in [2.45, 2.75) is 12.1 Å². The molecule has 0 aliphatic heterocycles. The molecule has 0 saturated carbocycles. The minimum atomic E-state index is -0.703. The highest BCUT2D eigenvalue weighted by atomic mass is 16.5. The van der Waals surface area contributed by atoms with Gasteiger partial charge < -0.3 is 19.5 Å². The van der Waals surface area contributed by atoms with Crippen LogP contribution in [0.4, 0.5) is 5.69 Å². The Kier molecular flexibility index (Phi) is 4.26. The summed E-state index contributed by atoms with van der Waals surface area (Å²) < 4.78 is 10.9. The summed E-state index contributed by atoms with van der Waals surface area (Å²) in [6.45, 7) is 0. The number of likely N-dealkylation sites (N-methyl/N-ethyl adjacent to an activating group) is 1. The van der Waals surface area contributed by atoms with E-state index in [1.54, 1.807) is 14.2 Å². The number of hydrogen-bond donors (Lipinski definition) is 1. The number of aliphatic hydroxyl groups excluding tert-OH is 1. The van der Waals surface area contributed by atoms with Gasteiger partial charge in [-0.05, 0) is 24.3 Å². The lowest BCUT2D eigenvalue weighted by Gasteiger charge is -2.35. The third kappa shape index (κ3) is 2.66. The number of ether oxygens (including phenoxy) is 2. The molecule has 3 rings (SSSR count). The van der Waals surface area contributed by atoms with Crippen LogP contribution in [0.2, 0.25) is 0 Å². The van der Waals surface area contributed by atoms with Crippen molar-refractivity contribution < 1.29 is 14.6 Å². The summed E-state index contributed by atoms with van der Waals surface area (Å²) in [4.78, 5) is 2.06. The van der Waals surface area contributed by atoms with E-state index < -0.39 is 6.10 Å². The van der Waals surface area contributed by atoms with Crippen LogP contribution in [0.25, 0.3) is 6.08 Å². The molecule has 0 amide bonds. The van der Waals surface area contributed by atoms with E-state index >= 15 is 0 Å². The molecular formula is C19H21NO3. The summed E-state index contributed by atoms with van der Waals surface area (Å²) in [6, 6.07) is 13.5. The Hall–Kier alpha value is -2.46. The second kappa shape index (κ2) is 6.34. The predicted octanol–water partition coefficient (Wildman–Crippen LogP) is 3.27. The van der Waals surface area contributed by atoms with E-state index in [4.69, 9.17) is 9.47 Å². The Morgan fingerprint density at radius 2 is 1.61 bits per heavy atom. The van der Waals surface area contributed by atoms with Crippen LogP contribution in [-0.2, 0) is 0 Å². The fraction of sp³-hybridized carbons (Fsp3) is 0.263. The van der Waals surface area contributed by atoms with Crippen LogP contribution in [0.15, 0.2) is 48.5 Å². The lowest BCUT2D eigenvalue weighted by atomic mass is 9.89. The Morgan fingerprint density at radius 3 is 2.26 bits per heavy atom. The number of methoxy groups -OCH3 is 2. The highest BCUT2D eigenvalue weighted by molar-refractivity contribution is 5.70. The van der Waals surface area contributed by atoms with Crippen molar-refractivity contribution in [2.75, 3.05) is 26.2 Å². The van der Waals surface area contributed by atoms with E-state index in [1.165, 1.54) is 0 Å². The van der Waals surface area contributed by atoms with Crippen molar-refractivity contribution in [2.24, 2.45) is 0 Å². The molecule has 0 saturated heterocycles. The van der Waals surface area contributed by atoms with Gasteiger partial charge in [-0.2, -0.15) is 0 Å². The lowest BCUT2D eigenvalue weighted by molar-refractivity contribution is 0.155. The quantitative estimate of drug-likeness (QED) is 0.941. The van der Waals surface area contributed by atoms with Crippen LogP contribution in [0.5, 0.6) is 11.5 Å². The molecule has 2 atom stereocenters. The molecule has 4 heteroatoms. The van der Waals surface area contributed by atoms with Crippen molar-refractivity contribution in [1.29, 1.82) is 0 Å². The average molecular weight is 311 g/mol. The van der Waals surface area contributed by atoms with E-state index in [9.17, 15) is 5.11 Å². The zero-order chi connectivity index (χ0) is 16.4. The first-order valence-electron chi connectivity index (χ1n) is 7.56. The van der Waals surface area contributed by atoms with Gasteiger partial charge in [-0.3, -0.25) is 0 Å². The van der Waals surface area contributed by atoms with Gasteiger partial charge in [0.1, 0.15) is 17.6 Å². The largest absolute Gasteiger partial charge is 0.496 e. The van der Waals surface area contributed by atoms with Crippen LogP contribution in [-0.4, -0.2) is 32.4 Å². The average Bonchev–Trinajstić information content (AvgIpc) is 2.61. The van der Waals surface area contributed by atoms with Gasteiger partial charge in [-0.25, -0.2) is 0 Å². The number of aliphatic hydroxyl groups is 1. The van der Waals surface area contributed by atoms with Crippen LogP contribution in [0.1, 0.15) is 17.2 Å². The second-order valence-electron chi connectivity index (χ2n) is 5.54. The zero-order valence-corrected chi connectivity index (χ0v) is 13.6. The molecule has 0 bridgehead atoms. The first-order valence-corrected chi connectivity index (χ1v) is 7.56. The number of anilines is 1. The second-order valence-corrected chi connectivity index (χ2v) is 5.54. The zero-order valence-electron chi connectivity index (χ0n) is 13.6. The van der Waals surface area contributed by atoms with E-state index in [0.717, 1.165) is 22.6 Å². The van der Waals surface area contributed by atoms with Crippen molar-refractivity contribution in [3.8, 4) is 11.5 Å². The number of nitrogens with zero attached hydrogens (tertiary/aromatic N) is 1. The fourth-order valence-electron chi connectivity index (χ4n) is 3.08. The monoisotopic (exact) mass is 311 g/mol. The van der Waals surface area contributed by atoms with Gasteiger partial charge in [0.2, 0.25) is 0 Å². The van der Waals surface area contributed by atoms with Gasteiger partial charge in [0.15, 0.2) is 0 Å². The Bertz CT molecular complexity index is 712. The molecule has 0 unspecified atom stereocenters. The van der Waals surface area contributed by atoms with Crippen molar-refractivity contribution in [3.63, 3.8) is 0 Å². The maximum absolute atomic E-state index is 11.0. The third-order valence-electron chi connectivity index (χ3n) is 4.34. The summed E-state index contributed by atoms with van der Waals surface area (Å²) in [5.74, 6) is 1.40. The molecule has 23 heavy (non-hydrogen) atoms. The SMILES string of the molecule is COc1ccc(OC)c2c1C=C[C@H](N(C)c1ccccc1)[C@H]2O. The molecule has 0 heterocycles. The maximum atomic E-state index is 11.0. The van der Waals surface area contributed by atoms with Crippen molar-refractivity contribution in [3.05, 3.63) is 59.7 Å². The highest BCUT2D eigenvalue weighted by Crippen LogP contribution is 2.42. The number of rotatable bonds is 4. The Labute approximate surface area is 136 Å². The number of hydrogen-bond acceptors (Lipinski definition) is 4. The molecule has 120 valence electrons. The molecule has 2 aromatic carbocycles. The normalized spacial score (nSPS) is 19.1. The molecule has 0 aromatic heterocycles. The smallest absolute Gasteiger partial charge is 0.126 e. The molecule has 1 aliphatic rings. The predicted molar refractivity (Wildman–Crippen MR) is 92.2 cm³/mol. The van der Waals surface area contributed by atoms with Gasteiger partial charge in [-0.1, -0.05) is 30.4 Å². The third-order valence-corrected chi connectivity index (χ3v) is 4.34. The van der Waals surface area contributed by atoms with E-state index in [-0.39, 0.29) is 6.04 Å². The van der Waals surface area contributed by atoms with Gasteiger partial charge in [-0.15, -0.1) is 0 Å². The summed E-state index contributed by atoms with van der Waals surface area (Å²) in [6.07, 6.45) is 3.29. The van der Waals surface area contributed by atoms with Crippen LogP contribution in [0, 0.1) is 0 Å². The molecule has 0 radical (unpaired) electrons. The molecule has 2 aromatic rings. The lowest BCUT2D eigenvalue weighted by Crippen LogP contribution is -2.37. The fourth-order valence-corrected chi connectivity index (χ4v) is 3.08. The van der Waals surface area contributed by atoms with Crippen LogP contribution >= 0.6 is 0 Å². The van der Waals surface area contributed by atoms with Crippen LogP contribution in [0.3, 0.4) is 0 Å². The molecule has 0 spiro atoms. The molecule has 0 fully saturated rings. The van der Waals surface area contributed by atoms with Gasteiger partial charge in [0.25, 0.3) is 0 Å². The number of para-hydroxylation sites is 1. The summed E-state index contributed by atoms with van der Waals surface area (Å²) in [5, 5.41) is 11.0. The first kappa shape index (κ1) is 15.4. The molecular weight excluding hydrogens is 290 g/mol. The maximum Gasteiger partial charge on any atom is 0.126 e. The number of fused-ring (bicyclic) bond motifs is 1. The molecule has 1 aliphatic carbocycles. The number of benzene rings is 2. The summed E-state index contributed by atoms with van der Waals surface area (Å²) >= 11 is 0. The molecule has 1 N–H and O–H groups in total. The standard InChI is InChI=1S/C19H21NO3/c1-20(13-7-5-4-6-8-13)15-10-9-14-16(22-2)11-12-17(23-3)18(14)19(15)21/h4-12,15,19,21H,1-3H3/t15-,19+/m0/s1. The van der Waals surface area contributed by atoms with Crippen molar-refractivity contribution >= 4 is 11.8 Å². The minimum Gasteiger partial charge on any atom is -0.496 e. The van der Waals surface area contributed by atoms with Crippen LogP contribution < -0.4 is 14.4 Å². The van der Waals surface area contributed by atoms with Gasteiger partial charge in [0, 0.05) is 23.9 Å². The summed E-state index contributed by atoms with van der Waals surface area (Å²) in [5.41, 5.74) is 2.69. The van der Waals surface area contributed by atoms with Gasteiger partial charge >= 0.3 is 0 Å². The van der Waals surface area contributed by atoms with Gasteiger partial charge in [0.05, 0.1) is 20.3 Å². The van der Waals surface area contributed by atoms with E-state index in [0.29, 0.717) is 5.75 Å². The van der Waals surface area contributed by atoms with E-state index in [1.807, 2.05) is 61.7 Å². The summed E-state index contributed by atoms with van der Waals surface area (Å²) in [7, 11) is 5.22. The minimum absolute atomic E-state index is 0.175. The Balaban J connectivity index is 2.02. The highest BCUT2D eigenvalue weighted by Gasteiger charge is 2.32. The topological polar surface area (TPSA) is 41.9 Å². The Morgan fingerprint density at radius 1 is 0.957 bits per heavy atom. The first-order chi connectivity index (χ1) is 11.2. The van der Waals surface area contributed by atoms with Crippen molar-refractivity contribution in [1.82, 2.24) is 0 Å². The molecule has 4 nitrogen and oxygen atoms in total. The van der Waals surface area contributed by atoms with E-state index in [2.05, 4.69) is 4.90 Å².